The first-order chi connectivity index (χ1) is 9.23. The third-order valence-corrected chi connectivity index (χ3v) is 4.40. The van der Waals surface area contributed by atoms with Crippen LogP contribution in [0.1, 0.15) is 31.4 Å². The molecule has 1 N–H and O–H groups in total. The number of aromatic nitrogens is 1. The summed E-state index contributed by atoms with van der Waals surface area (Å²) in [5, 5.41) is 7.46. The van der Waals surface area contributed by atoms with Crippen LogP contribution in [0.25, 0.3) is 0 Å². The Morgan fingerprint density at radius 2 is 2.30 bits per heavy atom. The van der Waals surface area contributed by atoms with Crippen molar-refractivity contribution in [3.63, 3.8) is 0 Å². The molecule has 1 heterocycles. The zero-order valence-electron chi connectivity index (χ0n) is 12.1. The van der Waals surface area contributed by atoms with E-state index in [1.165, 1.54) is 25.7 Å². The fraction of sp³-hybridized carbons (Fsp3) is 0.714. The second-order valence-electron chi connectivity index (χ2n) is 5.88. The number of rotatable bonds is 5. The molecule has 2 aliphatic carbocycles. The maximum atomic E-state index is 4.86. The van der Waals surface area contributed by atoms with Crippen molar-refractivity contribution in [3.8, 4) is 0 Å². The lowest BCUT2D eigenvalue weighted by atomic mass is 10.0. The van der Waals surface area contributed by atoms with Crippen LogP contribution in [-0.2, 0) is 6.54 Å². The number of hydrogen-bond donors (Lipinski definition) is 1. The third-order valence-electron chi connectivity index (χ3n) is 4.40. The minimum atomic E-state index is 0. The molecular formula is C14H23IN4O. The van der Waals surface area contributed by atoms with Gasteiger partial charge in [-0.25, -0.2) is 0 Å². The van der Waals surface area contributed by atoms with E-state index in [9.17, 15) is 0 Å². The Hall–Kier alpha value is -0.790. The second-order valence-corrected chi connectivity index (χ2v) is 5.88. The molecule has 0 atom stereocenters. The second kappa shape index (κ2) is 6.32. The average molecular weight is 390 g/mol. The van der Waals surface area contributed by atoms with E-state index in [1.54, 1.807) is 6.26 Å². The van der Waals surface area contributed by atoms with Gasteiger partial charge in [0.05, 0.1) is 6.54 Å². The first kappa shape index (κ1) is 15.6. The molecule has 6 heteroatoms. The summed E-state index contributed by atoms with van der Waals surface area (Å²) < 4.78 is 4.86. The van der Waals surface area contributed by atoms with Crippen LogP contribution in [0.3, 0.4) is 0 Å². The molecule has 20 heavy (non-hydrogen) atoms. The van der Waals surface area contributed by atoms with E-state index in [1.807, 2.05) is 20.2 Å². The van der Waals surface area contributed by atoms with Crippen LogP contribution in [0.2, 0.25) is 0 Å². The molecule has 0 spiro atoms. The zero-order valence-corrected chi connectivity index (χ0v) is 14.5. The molecule has 0 aliphatic heterocycles. The molecule has 2 fully saturated rings. The number of nitrogens with one attached hydrogen (secondary N) is 1. The molecule has 0 bridgehead atoms. The van der Waals surface area contributed by atoms with E-state index in [4.69, 9.17) is 4.52 Å². The molecule has 112 valence electrons. The minimum Gasteiger partial charge on any atom is -0.364 e. The van der Waals surface area contributed by atoms with Gasteiger partial charge in [-0.1, -0.05) is 5.16 Å². The van der Waals surface area contributed by atoms with E-state index in [2.05, 4.69) is 20.4 Å². The zero-order chi connectivity index (χ0) is 13.3. The van der Waals surface area contributed by atoms with Crippen LogP contribution < -0.4 is 5.32 Å². The molecule has 2 saturated carbocycles. The van der Waals surface area contributed by atoms with Crippen LogP contribution in [0.4, 0.5) is 0 Å². The Balaban J connectivity index is 0.00000147. The fourth-order valence-electron chi connectivity index (χ4n) is 2.86. The monoisotopic (exact) mass is 390 g/mol. The Bertz CT molecular complexity index is 452. The number of hydrogen-bond acceptors (Lipinski definition) is 3. The predicted molar refractivity (Wildman–Crippen MR) is 89.1 cm³/mol. The molecule has 0 saturated heterocycles. The van der Waals surface area contributed by atoms with E-state index < -0.39 is 0 Å². The van der Waals surface area contributed by atoms with Crippen LogP contribution >= 0.6 is 24.0 Å². The molecule has 3 rings (SSSR count). The van der Waals surface area contributed by atoms with Crippen molar-refractivity contribution in [1.82, 2.24) is 15.4 Å². The lowest BCUT2D eigenvalue weighted by Crippen LogP contribution is -2.41. The maximum Gasteiger partial charge on any atom is 0.193 e. The molecule has 0 amide bonds. The highest BCUT2D eigenvalue weighted by Crippen LogP contribution is 2.60. The highest BCUT2D eigenvalue weighted by atomic mass is 127. The topological polar surface area (TPSA) is 53.7 Å². The summed E-state index contributed by atoms with van der Waals surface area (Å²) in [6, 6.07) is 1.89. The van der Waals surface area contributed by atoms with Gasteiger partial charge in [0, 0.05) is 26.7 Å². The maximum absolute atomic E-state index is 4.86. The van der Waals surface area contributed by atoms with Gasteiger partial charge < -0.3 is 14.7 Å². The molecule has 1 aromatic rings. The molecule has 0 aromatic carbocycles. The Kier molecular flexibility index (Phi) is 4.93. The lowest BCUT2D eigenvalue weighted by Gasteiger charge is -2.23. The minimum absolute atomic E-state index is 0. The summed E-state index contributed by atoms with van der Waals surface area (Å²) in [5.74, 6) is 1.91. The van der Waals surface area contributed by atoms with E-state index in [-0.39, 0.29) is 24.0 Å². The van der Waals surface area contributed by atoms with Crippen molar-refractivity contribution in [2.24, 2.45) is 16.3 Å². The Morgan fingerprint density at radius 1 is 1.55 bits per heavy atom. The summed E-state index contributed by atoms with van der Waals surface area (Å²) in [7, 11) is 3.86. The molecule has 5 nitrogen and oxygen atoms in total. The summed E-state index contributed by atoms with van der Waals surface area (Å²) >= 11 is 0. The first-order valence-corrected chi connectivity index (χ1v) is 7.04. The van der Waals surface area contributed by atoms with E-state index in [0.717, 1.165) is 24.1 Å². The number of guanidine groups is 1. The van der Waals surface area contributed by atoms with Crippen molar-refractivity contribution < 1.29 is 4.52 Å². The normalized spacial score (nSPS) is 20.2. The summed E-state index contributed by atoms with van der Waals surface area (Å²) in [5.41, 5.74) is 1.51. The quantitative estimate of drug-likeness (QED) is 0.477. The van der Waals surface area contributed by atoms with Crippen LogP contribution in [0, 0.1) is 11.3 Å². The Morgan fingerprint density at radius 3 is 2.80 bits per heavy atom. The summed E-state index contributed by atoms with van der Waals surface area (Å²) in [6.45, 7) is 1.78. The largest absolute Gasteiger partial charge is 0.364 e. The van der Waals surface area contributed by atoms with Gasteiger partial charge in [0.15, 0.2) is 5.96 Å². The van der Waals surface area contributed by atoms with Crippen molar-refractivity contribution in [2.75, 3.05) is 20.6 Å². The Labute approximate surface area is 137 Å². The fourth-order valence-corrected chi connectivity index (χ4v) is 2.86. The van der Waals surface area contributed by atoms with Crippen LogP contribution in [-0.4, -0.2) is 36.7 Å². The van der Waals surface area contributed by atoms with Crippen LogP contribution in [0.5, 0.6) is 0 Å². The molecular weight excluding hydrogens is 367 g/mol. The number of aliphatic imine (C=N–C) groups is 1. The standard InChI is InChI=1S/C14H22N4O.HI/c1-15-13(18(2)9-12-5-8-19-17-12)16-10-14(6-7-14)11-3-4-11;/h5,8,11H,3-4,6-7,9-10H2,1-2H3,(H,15,16);1H. The predicted octanol–water partition coefficient (Wildman–Crippen LogP) is 2.49. The molecule has 0 radical (unpaired) electrons. The van der Waals surface area contributed by atoms with Gasteiger partial charge in [-0.3, -0.25) is 4.99 Å². The highest BCUT2D eigenvalue weighted by molar-refractivity contribution is 14.0. The summed E-state index contributed by atoms with van der Waals surface area (Å²) in [4.78, 5) is 6.44. The molecule has 2 aliphatic rings. The molecule has 0 unspecified atom stereocenters. The average Bonchev–Trinajstić information content (AvgIpc) is 3.30. The van der Waals surface area contributed by atoms with E-state index in [0.29, 0.717) is 12.0 Å². The van der Waals surface area contributed by atoms with Crippen molar-refractivity contribution >= 4 is 29.9 Å². The molecule has 1 aromatic heterocycles. The highest BCUT2D eigenvalue weighted by Gasteiger charge is 2.53. The summed E-state index contributed by atoms with van der Waals surface area (Å²) in [6.07, 6.45) is 7.22. The van der Waals surface area contributed by atoms with Crippen molar-refractivity contribution in [1.29, 1.82) is 0 Å². The SMILES string of the molecule is CN=C(NCC1(C2CC2)CC1)N(C)Cc1ccon1.I. The van der Waals surface area contributed by atoms with Crippen LogP contribution in [0.15, 0.2) is 21.8 Å². The lowest BCUT2D eigenvalue weighted by molar-refractivity contribution is 0.383. The van der Waals surface area contributed by atoms with Gasteiger partial charge in [0.1, 0.15) is 12.0 Å². The van der Waals surface area contributed by atoms with Gasteiger partial charge in [0.25, 0.3) is 0 Å². The van der Waals surface area contributed by atoms with Gasteiger partial charge in [-0.15, -0.1) is 24.0 Å². The van der Waals surface area contributed by atoms with Gasteiger partial charge in [-0.2, -0.15) is 0 Å². The van der Waals surface area contributed by atoms with Crippen molar-refractivity contribution in [3.05, 3.63) is 18.0 Å². The first-order valence-electron chi connectivity index (χ1n) is 7.04. The smallest absolute Gasteiger partial charge is 0.193 e. The number of halogens is 1. The third kappa shape index (κ3) is 3.45. The van der Waals surface area contributed by atoms with Gasteiger partial charge in [-0.05, 0) is 37.0 Å². The van der Waals surface area contributed by atoms with Gasteiger partial charge >= 0.3 is 0 Å². The van der Waals surface area contributed by atoms with E-state index >= 15 is 0 Å². The van der Waals surface area contributed by atoms with Gasteiger partial charge in [0.2, 0.25) is 0 Å². The number of nitrogens with zero attached hydrogens (tertiary/aromatic N) is 3. The van der Waals surface area contributed by atoms with Crippen molar-refractivity contribution in [2.45, 2.75) is 32.2 Å².